The van der Waals surface area contributed by atoms with Crippen LogP contribution < -0.4 is 10.6 Å². The lowest BCUT2D eigenvalue weighted by atomic mass is 10.1. The van der Waals surface area contributed by atoms with Gasteiger partial charge in [-0.05, 0) is 50.8 Å². The Morgan fingerprint density at radius 3 is 2.31 bits per heavy atom. The molecule has 8 heteroatoms. The maximum absolute atomic E-state index is 12.5. The molecule has 0 saturated heterocycles. The van der Waals surface area contributed by atoms with E-state index in [9.17, 15) is 8.42 Å². The van der Waals surface area contributed by atoms with Crippen molar-refractivity contribution in [3.63, 3.8) is 0 Å². The molecular formula is C21H38N4O3S. The molecule has 1 aromatic carbocycles. The molecule has 0 bridgehead atoms. The van der Waals surface area contributed by atoms with Crippen LogP contribution in [0.15, 0.2) is 34.2 Å². The molecule has 0 fully saturated rings. The molecule has 0 aliphatic carbocycles. The fraction of sp³-hybridized carbons (Fsp3) is 0.667. The van der Waals surface area contributed by atoms with Gasteiger partial charge < -0.3 is 15.4 Å². The van der Waals surface area contributed by atoms with E-state index in [1.807, 2.05) is 32.9 Å². The summed E-state index contributed by atoms with van der Waals surface area (Å²) < 4.78 is 32.0. The van der Waals surface area contributed by atoms with E-state index in [4.69, 9.17) is 4.74 Å². The van der Waals surface area contributed by atoms with Crippen LogP contribution in [0.4, 0.5) is 0 Å². The Labute approximate surface area is 177 Å². The van der Waals surface area contributed by atoms with E-state index in [0.29, 0.717) is 30.5 Å². The highest BCUT2D eigenvalue weighted by Crippen LogP contribution is 2.17. The number of benzene rings is 1. The minimum atomic E-state index is -3.46. The molecule has 166 valence electrons. The number of ether oxygens (including phenoxy) is 1. The lowest BCUT2D eigenvalue weighted by molar-refractivity contribution is 0.128. The Morgan fingerprint density at radius 1 is 1.10 bits per heavy atom. The Morgan fingerprint density at radius 2 is 1.76 bits per heavy atom. The van der Waals surface area contributed by atoms with Crippen molar-refractivity contribution in [2.45, 2.75) is 58.5 Å². The Hall–Kier alpha value is -1.64. The highest BCUT2D eigenvalue weighted by atomic mass is 32.2. The normalized spacial score (nSPS) is 12.8. The third kappa shape index (κ3) is 9.14. The summed E-state index contributed by atoms with van der Waals surface area (Å²) in [5.74, 6) is 1.37. The van der Waals surface area contributed by atoms with Crippen molar-refractivity contribution in [1.29, 1.82) is 0 Å². The molecule has 0 saturated carbocycles. The number of nitrogens with one attached hydrogen (secondary N) is 2. The quantitative estimate of drug-likeness (QED) is 0.305. The number of aliphatic imine (C=N–C) groups is 1. The summed E-state index contributed by atoms with van der Waals surface area (Å²) in [5.41, 5.74) is 0.946. The van der Waals surface area contributed by atoms with Crippen LogP contribution in [-0.2, 0) is 21.3 Å². The lowest BCUT2D eigenvalue weighted by Gasteiger charge is -2.21. The third-order valence-corrected chi connectivity index (χ3v) is 6.52. The molecule has 29 heavy (non-hydrogen) atoms. The van der Waals surface area contributed by atoms with Crippen molar-refractivity contribution in [3.8, 4) is 0 Å². The van der Waals surface area contributed by atoms with Crippen LogP contribution in [0, 0.1) is 5.92 Å². The smallest absolute Gasteiger partial charge is 0.243 e. The second-order valence-electron chi connectivity index (χ2n) is 7.68. The van der Waals surface area contributed by atoms with Gasteiger partial charge >= 0.3 is 0 Å². The van der Waals surface area contributed by atoms with Gasteiger partial charge in [0.15, 0.2) is 5.96 Å². The van der Waals surface area contributed by atoms with Crippen molar-refractivity contribution in [1.82, 2.24) is 14.9 Å². The van der Waals surface area contributed by atoms with Crippen LogP contribution in [-0.4, -0.2) is 58.1 Å². The monoisotopic (exact) mass is 426 g/mol. The average Bonchev–Trinajstić information content (AvgIpc) is 2.67. The van der Waals surface area contributed by atoms with Crippen LogP contribution in [0.1, 0.15) is 46.6 Å². The van der Waals surface area contributed by atoms with Gasteiger partial charge in [-0.25, -0.2) is 13.4 Å². The van der Waals surface area contributed by atoms with Crippen LogP contribution >= 0.6 is 0 Å². The highest BCUT2D eigenvalue weighted by molar-refractivity contribution is 7.89. The van der Waals surface area contributed by atoms with E-state index in [2.05, 4.69) is 29.5 Å². The number of guanidine groups is 1. The average molecular weight is 427 g/mol. The first-order chi connectivity index (χ1) is 13.7. The fourth-order valence-corrected chi connectivity index (χ4v) is 3.75. The number of nitrogens with zero attached hydrogens (tertiary/aromatic N) is 2. The molecule has 0 aromatic heterocycles. The minimum Gasteiger partial charge on any atom is -0.380 e. The first-order valence-electron chi connectivity index (χ1n) is 10.3. The molecule has 0 heterocycles. The highest BCUT2D eigenvalue weighted by Gasteiger charge is 2.22. The van der Waals surface area contributed by atoms with Crippen LogP contribution in [0.25, 0.3) is 0 Å². The molecule has 1 aromatic rings. The zero-order chi connectivity index (χ0) is 21.9. The first kappa shape index (κ1) is 25.4. The Bertz CT molecular complexity index is 716. The molecule has 1 rings (SSSR count). The second kappa shape index (κ2) is 12.8. The van der Waals surface area contributed by atoms with Crippen LogP contribution in [0.5, 0.6) is 0 Å². The van der Waals surface area contributed by atoms with Gasteiger partial charge in [0.25, 0.3) is 0 Å². The maximum Gasteiger partial charge on any atom is 0.243 e. The van der Waals surface area contributed by atoms with Gasteiger partial charge in [-0.3, -0.25) is 0 Å². The van der Waals surface area contributed by atoms with Gasteiger partial charge in [-0.1, -0.05) is 26.0 Å². The summed E-state index contributed by atoms with van der Waals surface area (Å²) in [4.78, 5) is 4.86. The summed E-state index contributed by atoms with van der Waals surface area (Å²) in [6.45, 7) is 13.4. The SMILES string of the molecule is CCNC(=NCc1ccc(S(=O)(=O)N(C)C(C)C)cc1)NCCOCCC(C)C. The van der Waals surface area contributed by atoms with Crippen molar-refractivity contribution >= 4 is 16.0 Å². The lowest BCUT2D eigenvalue weighted by Crippen LogP contribution is -2.39. The van der Waals surface area contributed by atoms with Gasteiger partial charge in [0.05, 0.1) is 18.0 Å². The summed E-state index contributed by atoms with van der Waals surface area (Å²) in [6.07, 6.45) is 1.06. The summed E-state index contributed by atoms with van der Waals surface area (Å²) in [7, 11) is -1.86. The zero-order valence-corrected chi connectivity index (χ0v) is 19.6. The zero-order valence-electron chi connectivity index (χ0n) is 18.7. The molecule has 7 nitrogen and oxygen atoms in total. The molecule has 0 aliphatic heterocycles. The van der Waals surface area contributed by atoms with Gasteiger partial charge in [0.1, 0.15) is 0 Å². The molecule has 0 atom stereocenters. The topological polar surface area (TPSA) is 83.0 Å². The standard InChI is InChI=1S/C21H38N4O3S/c1-7-22-21(23-13-15-28-14-12-17(2)3)24-16-19-8-10-20(11-9-19)29(26,27)25(6)18(4)5/h8-11,17-18H,7,12-16H2,1-6H3,(H2,22,23,24). The molecule has 0 amide bonds. The fourth-order valence-electron chi connectivity index (χ4n) is 2.39. The predicted octanol–water partition coefficient (Wildman–Crippen LogP) is 2.83. The molecule has 0 unspecified atom stereocenters. The Kier molecular flexibility index (Phi) is 11.2. The number of hydrogen-bond donors (Lipinski definition) is 2. The van der Waals surface area contributed by atoms with E-state index < -0.39 is 10.0 Å². The molecule has 0 aliphatic rings. The van der Waals surface area contributed by atoms with E-state index in [-0.39, 0.29) is 6.04 Å². The molecule has 0 radical (unpaired) electrons. The van der Waals surface area contributed by atoms with Crippen molar-refractivity contribution in [2.24, 2.45) is 10.9 Å². The van der Waals surface area contributed by atoms with Crippen LogP contribution in [0.3, 0.4) is 0 Å². The van der Waals surface area contributed by atoms with E-state index in [1.54, 1.807) is 19.2 Å². The van der Waals surface area contributed by atoms with Gasteiger partial charge in [0.2, 0.25) is 10.0 Å². The predicted molar refractivity (Wildman–Crippen MR) is 120 cm³/mol. The Balaban J connectivity index is 2.61. The third-order valence-electron chi connectivity index (χ3n) is 4.47. The van der Waals surface area contributed by atoms with Crippen molar-refractivity contribution < 1.29 is 13.2 Å². The molecule has 2 N–H and O–H groups in total. The van der Waals surface area contributed by atoms with E-state index in [1.165, 1.54) is 4.31 Å². The second-order valence-corrected chi connectivity index (χ2v) is 9.67. The number of hydrogen-bond acceptors (Lipinski definition) is 4. The number of sulfonamides is 1. The van der Waals surface area contributed by atoms with Crippen molar-refractivity contribution in [2.75, 3.05) is 33.4 Å². The number of rotatable bonds is 12. The largest absolute Gasteiger partial charge is 0.380 e. The van der Waals surface area contributed by atoms with E-state index in [0.717, 1.165) is 31.1 Å². The summed E-state index contributed by atoms with van der Waals surface area (Å²) in [5, 5.41) is 6.46. The van der Waals surface area contributed by atoms with E-state index >= 15 is 0 Å². The molecule has 0 spiro atoms. The molecular weight excluding hydrogens is 388 g/mol. The van der Waals surface area contributed by atoms with Gasteiger partial charge in [0, 0.05) is 32.8 Å². The van der Waals surface area contributed by atoms with Crippen LogP contribution in [0.2, 0.25) is 0 Å². The summed E-state index contributed by atoms with van der Waals surface area (Å²) in [6, 6.07) is 6.81. The summed E-state index contributed by atoms with van der Waals surface area (Å²) >= 11 is 0. The van der Waals surface area contributed by atoms with Gasteiger partial charge in [-0.2, -0.15) is 4.31 Å². The van der Waals surface area contributed by atoms with Crippen molar-refractivity contribution in [3.05, 3.63) is 29.8 Å². The van der Waals surface area contributed by atoms with Gasteiger partial charge in [-0.15, -0.1) is 0 Å². The maximum atomic E-state index is 12.5. The first-order valence-corrected chi connectivity index (χ1v) is 11.8. The minimum absolute atomic E-state index is 0.0904.